The number of ether oxygens (including phenoxy) is 2. The second-order valence-corrected chi connectivity index (χ2v) is 8.95. The minimum Gasteiger partial charge on any atom is -0.466 e. The molecule has 1 aromatic carbocycles. The Bertz CT molecular complexity index is 1240. The molecule has 12 heteroatoms. The highest BCUT2D eigenvalue weighted by Crippen LogP contribution is 2.25. The summed E-state index contributed by atoms with van der Waals surface area (Å²) in [6.07, 6.45) is 4.55. The zero-order valence-corrected chi connectivity index (χ0v) is 21.6. The quantitative estimate of drug-likeness (QED) is 0.375. The second-order valence-electron chi connectivity index (χ2n) is 8.52. The van der Waals surface area contributed by atoms with Crippen LogP contribution in [0.15, 0.2) is 36.8 Å². The lowest BCUT2D eigenvalue weighted by molar-refractivity contribution is -0.156. The molecule has 196 valence electrons. The van der Waals surface area contributed by atoms with Crippen LogP contribution < -0.4 is 10.6 Å². The highest BCUT2D eigenvalue weighted by atomic mass is 35.5. The van der Waals surface area contributed by atoms with Gasteiger partial charge in [0, 0.05) is 29.8 Å². The Morgan fingerprint density at radius 2 is 1.92 bits per heavy atom. The van der Waals surface area contributed by atoms with E-state index in [0.29, 0.717) is 40.9 Å². The van der Waals surface area contributed by atoms with Crippen LogP contribution in [0.2, 0.25) is 5.02 Å². The monoisotopic (exact) mass is 527 g/mol. The van der Waals surface area contributed by atoms with Gasteiger partial charge in [-0.05, 0) is 44.9 Å². The third-order valence-corrected chi connectivity index (χ3v) is 6.23. The average molecular weight is 528 g/mol. The molecule has 3 aromatic rings. The molecule has 4 rings (SSSR count). The number of nitrogens with one attached hydrogen (secondary N) is 2. The molecule has 0 spiro atoms. The fourth-order valence-corrected chi connectivity index (χ4v) is 4.42. The Balaban J connectivity index is 1.42. The third-order valence-electron chi connectivity index (χ3n) is 5.99. The Morgan fingerprint density at radius 3 is 2.65 bits per heavy atom. The van der Waals surface area contributed by atoms with Gasteiger partial charge < -0.3 is 20.1 Å². The van der Waals surface area contributed by atoms with E-state index < -0.39 is 18.0 Å². The minimum atomic E-state index is -0.658. The number of nitrogens with zero attached hydrogens (tertiary/aromatic N) is 5. The van der Waals surface area contributed by atoms with E-state index in [1.165, 1.54) is 6.33 Å². The number of benzene rings is 1. The van der Waals surface area contributed by atoms with E-state index in [0.717, 1.165) is 18.5 Å². The number of aromatic nitrogens is 4. The van der Waals surface area contributed by atoms with Gasteiger partial charge in [-0.3, -0.25) is 14.5 Å². The molecular formula is C25H30ClN7O4. The first-order valence-electron chi connectivity index (χ1n) is 12.3. The molecule has 0 bridgehead atoms. The van der Waals surface area contributed by atoms with Crippen molar-refractivity contribution in [3.63, 3.8) is 0 Å². The van der Waals surface area contributed by atoms with Gasteiger partial charge in [-0.1, -0.05) is 17.7 Å². The van der Waals surface area contributed by atoms with Crippen molar-refractivity contribution in [1.29, 1.82) is 0 Å². The molecule has 2 N–H and O–H groups in total. The van der Waals surface area contributed by atoms with Crippen LogP contribution in [0.4, 0.5) is 17.5 Å². The van der Waals surface area contributed by atoms with Gasteiger partial charge in [-0.15, -0.1) is 0 Å². The van der Waals surface area contributed by atoms with Crippen molar-refractivity contribution in [3.05, 3.63) is 41.8 Å². The molecule has 0 radical (unpaired) electrons. The maximum atomic E-state index is 12.5. The molecule has 11 nitrogen and oxygen atoms in total. The van der Waals surface area contributed by atoms with Crippen LogP contribution in [-0.2, 0) is 19.1 Å². The van der Waals surface area contributed by atoms with E-state index in [1.807, 2.05) is 17.0 Å². The zero-order chi connectivity index (χ0) is 26.2. The normalized spacial score (nSPS) is 15.2. The SMILES string of the molecule is CCOC(=O)CC(C(=O)OCC)N1CCC(Nc2ncc3ncnc(Nc4cccc(Cl)c4)c3n2)CC1. The average Bonchev–Trinajstić information content (AvgIpc) is 2.88. The first kappa shape index (κ1) is 26.5. The highest BCUT2D eigenvalue weighted by molar-refractivity contribution is 6.30. The Morgan fingerprint density at radius 1 is 1.14 bits per heavy atom. The van der Waals surface area contributed by atoms with Gasteiger partial charge in [0.2, 0.25) is 5.95 Å². The molecule has 1 aliphatic rings. The van der Waals surface area contributed by atoms with Crippen molar-refractivity contribution in [2.45, 2.75) is 45.2 Å². The number of likely N-dealkylation sites (tertiary alicyclic amines) is 1. The van der Waals surface area contributed by atoms with Crippen LogP contribution in [0.1, 0.15) is 33.1 Å². The molecule has 3 heterocycles. The van der Waals surface area contributed by atoms with Crippen molar-refractivity contribution >= 4 is 52.0 Å². The largest absolute Gasteiger partial charge is 0.466 e. The number of carbonyl (C=O) groups excluding carboxylic acids is 2. The van der Waals surface area contributed by atoms with E-state index in [1.54, 1.807) is 32.2 Å². The topological polar surface area (TPSA) is 131 Å². The molecule has 0 amide bonds. The summed E-state index contributed by atoms with van der Waals surface area (Å²) in [4.78, 5) is 44.3. The summed E-state index contributed by atoms with van der Waals surface area (Å²) in [6.45, 7) is 5.24. The first-order valence-corrected chi connectivity index (χ1v) is 12.7. The summed E-state index contributed by atoms with van der Waals surface area (Å²) < 4.78 is 10.3. The van der Waals surface area contributed by atoms with Crippen LogP contribution >= 0.6 is 11.6 Å². The van der Waals surface area contributed by atoms with Crippen LogP contribution in [-0.4, -0.2) is 75.2 Å². The van der Waals surface area contributed by atoms with Gasteiger partial charge in [0.15, 0.2) is 5.82 Å². The number of hydrogen-bond donors (Lipinski definition) is 2. The molecule has 0 saturated carbocycles. The molecular weight excluding hydrogens is 498 g/mol. The van der Waals surface area contributed by atoms with Gasteiger partial charge in [0.25, 0.3) is 0 Å². The minimum absolute atomic E-state index is 0.0268. The smallest absolute Gasteiger partial charge is 0.323 e. The predicted molar refractivity (Wildman–Crippen MR) is 140 cm³/mol. The number of piperidine rings is 1. The number of hydrogen-bond acceptors (Lipinski definition) is 11. The summed E-state index contributed by atoms with van der Waals surface area (Å²) >= 11 is 6.10. The van der Waals surface area contributed by atoms with Crippen LogP contribution in [0, 0.1) is 0 Å². The number of fused-ring (bicyclic) bond motifs is 1. The molecule has 0 aliphatic carbocycles. The number of anilines is 3. The van der Waals surface area contributed by atoms with Gasteiger partial charge >= 0.3 is 11.9 Å². The second kappa shape index (κ2) is 12.6. The predicted octanol–water partition coefficient (Wildman–Crippen LogP) is 3.58. The molecule has 1 fully saturated rings. The van der Waals surface area contributed by atoms with E-state index >= 15 is 0 Å². The maximum Gasteiger partial charge on any atom is 0.323 e. The van der Waals surface area contributed by atoms with Crippen molar-refractivity contribution in [3.8, 4) is 0 Å². The Labute approximate surface area is 220 Å². The molecule has 1 atom stereocenters. The summed E-state index contributed by atoms with van der Waals surface area (Å²) in [6, 6.07) is 6.77. The van der Waals surface area contributed by atoms with Gasteiger partial charge in [0.05, 0.1) is 25.8 Å². The summed E-state index contributed by atoms with van der Waals surface area (Å²) in [5.74, 6) is 0.196. The van der Waals surface area contributed by atoms with E-state index in [4.69, 9.17) is 21.1 Å². The number of halogens is 1. The third kappa shape index (κ3) is 7.01. The standard InChI is InChI=1S/C25H30ClN7O4/c1-3-36-21(34)13-20(24(35)37-4-2)33-10-8-17(9-11-33)31-25-27-14-19-22(32-25)23(29-15-28-19)30-18-7-5-6-16(26)12-18/h5-7,12,14-15,17,20H,3-4,8-11,13H2,1-2H3,(H,27,31,32)(H,28,29,30). The lowest BCUT2D eigenvalue weighted by Gasteiger charge is -2.36. The fourth-order valence-electron chi connectivity index (χ4n) is 4.23. The summed E-state index contributed by atoms with van der Waals surface area (Å²) in [5.41, 5.74) is 1.97. The molecule has 1 aliphatic heterocycles. The zero-order valence-electron chi connectivity index (χ0n) is 20.8. The lowest BCUT2D eigenvalue weighted by Crippen LogP contribution is -2.49. The van der Waals surface area contributed by atoms with Crippen molar-refractivity contribution < 1.29 is 19.1 Å². The first-order chi connectivity index (χ1) is 18.0. The summed E-state index contributed by atoms with van der Waals surface area (Å²) in [7, 11) is 0. The lowest BCUT2D eigenvalue weighted by atomic mass is 10.0. The van der Waals surface area contributed by atoms with Crippen molar-refractivity contribution in [2.24, 2.45) is 0 Å². The number of esters is 2. The van der Waals surface area contributed by atoms with Crippen molar-refractivity contribution in [2.75, 3.05) is 36.9 Å². The van der Waals surface area contributed by atoms with Crippen LogP contribution in [0.25, 0.3) is 11.0 Å². The number of rotatable bonds is 10. The molecule has 1 saturated heterocycles. The van der Waals surface area contributed by atoms with E-state index in [-0.39, 0.29) is 25.7 Å². The maximum absolute atomic E-state index is 12.5. The van der Waals surface area contributed by atoms with E-state index in [2.05, 4.69) is 30.6 Å². The molecule has 2 aromatic heterocycles. The van der Waals surface area contributed by atoms with E-state index in [9.17, 15) is 9.59 Å². The van der Waals surface area contributed by atoms with Crippen molar-refractivity contribution in [1.82, 2.24) is 24.8 Å². The van der Waals surface area contributed by atoms with Crippen LogP contribution in [0.5, 0.6) is 0 Å². The van der Waals surface area contributed by atoms with Crippen LogP contribution in [0.3, 0.4) is 0 Å². The fraction of sp³-hybridized carbons (Fsp3) is 0.440. The van der Waals surface area contributed by atoms with Gasteiger partial charge in [-0.2, -0.15) is 0 Å². The van der Waals surface area contributed by atoms with Gasteiger partial charge in [-0.25, -0.2) is 19.9 Å². The Kier molecular flexibility index (Phi) is 9.02. The Hall–Kier alpha value is -3.57. The summed E-state index contributed by atoms with van der Waals surface area (Å²) in [5, 5.41) is 7.24. The molecule has 37 heavy (non-hydrogen) atoms. The highest BCUT2D eigenvalue weighted by Gasteiger charge is 2.33. The number of carbonyl (C=O) groups is 2. The molecule has 1 unspecified atom stereocenters. The van der Waals surface area contributed by atoms with Gasteiger partial charge in [0.1, 0.15) is 23.4 Å².